The maximum Gasteiger partial charge on any atom is 0.326 e. The summed E-state index contributed by atoms with van der Waals surface area (Å²) in [5, 5.41) is 23.8. The van der Waals surface area contributed by atoms with Crippen LogP contribution in [0, 0.1) is 5.92 Å². The van der Waals surface area contributed by atoms with Crippen LogP contribution in [-0.2, 0) is 20.8 Å². The molecule has 150 valence electrons. The molecule has 0 heterocycles. The molecule has 1 rings (SSSR count). The van der Waals surface area contributed by atoms with Crippen LogP contribution < -0.4 is 16.4 Å². The summed E-state index contributed by atoms with van der Waals surface area (Å²) in [5.41, 5.74) is 6.28. The number of hydrogen-bond donors (Lipinski definition) is 6. The first-order valence-corrected chi connectivity index (χ1v) is 9.30. The number of carboxylic acids is 1. The number of carbonyl (C=O) groups is 3. The Labute approximate surface area is 163 Å². The molecule has 0 unspecified atom stereocenters. The van der Waals surface area contributed by atoms with Gasteiger partial charge in [0.05, 0.1) is 6.04 Å². The number of phenolic OH excluding ortho intramolecular Hbond substituents is 1. The van der Waals surface area contributed by atoms with Crippen molar-refractivity contribution in [2.45, 2.75) is 44.8 Å². The van der Waals surface area contributed by atoms with Crippen molar-refractivity contribution < 1.29 is 24.6 Å². The number of aromatic hydroxyl groups is 1. The number of carbonyl (C=O) groups excluding carboxylic acids is 2. The van der Waals surface area contributed by atoms with E-state index in [0.717, 1.165) is 0 Å². The fraction of sp³-hybridized carbons (Fsp3) is 0.500. The molecule has 0 fully saturated rings. The van der Waals surface area contributed by atoms with Crippen LogP contribution in [0.3, 0.4) is 0 Å². The topological polar surface area (TPSA) is 142 Å². The van der Waals surface area contributed by atoms with E-state index < -0.39 is 35.9 Å². The summed E-state index contributed by atoms with van der Waals surface area (Å²) in [5.74, 6) is -2.33. The molecule has 0 radical (unpaired) electrons. The first kappa shape index (κ1) is 22.8. The zero-order valence-electron chi connectivity index (χ0n) is 15.4. The third-order valence-electron chi connectivity index (χ3n) is 4.32. The Balaban J connectivity index is 2.89. The number of amides is 2. The number of hydrogen-bond acceptors (Lipinski definition) is 6. The number of phenols is 1. The van der Waals surface area contributed by atoms with Crippen molar-refractivity contribution in [1.82, 2.24) is 10.6 Å². The molecule has 0 aliphatic rings. The molecule has 6 N–H and O–H groups in total. The molecule has 0 saturated carbocycles. The van der Waals surface area contributed by atoms with Crippen LogP contribution in [-0.4, -0.2) is 51.9 Å². The van der Waals surface area contributed by atoms with Gasteiger partial charge in [0.15, 0.2) is 0 Å². The molecule has 0 aromatic heterocycles. The van der Waals surface area contributed by atoms with Gasteiger partial charge < -0.3 is 26.6 Å². The summed E-state index contributed by atoms with van der Waals surface area (Å²) in [6, 6.07) is 3.10. The second-order valence-electron chi connectivity index (χ2n) is 6.43. The van der Waals surface area contributed by atoms with Crippen LogP contribution in [0.2, 0.25) is 0 Å². The van der Waals surface area contributed by atoms with E-state index in [1.54, 1.807) is 19.1 Å². The van der Waals surface area contributed by atoms with E-state index in [2.05, 4.69) is 23.3 Å². The van der Waals surface area contributed by atoms with Crippen LogP contribution in [0.25, 0.3) is 0 Å². The first-order chi connectivity index (χ1) is 12.7. The molecule has 0 saturated heterocycles. The van der Waals surface area contributed by atoms with E-state index in [1.807, 2.05) is 6.92 Å². The van der Waals surface area contributed by atoms with Gasteiger partial charge >= 0.3 is 5.97 Å². The highest BCUT2D eigenvalue weighted by Gasteiger charge is 2.30. The van der Waals surface area contributed by atoms with E-state index in [1.165, 1.54) is 12.1 Å². The summed E-state index contributed by atoms with van der Waals surface area (Å²) in [6.07, 6.45) is 0.642. The van der Waals surface area contributed by atoms with Gasteiger partial charge in [0.1, 0.15) is 17.8 Å². The van der Waals surface area contributed by atoms with Gasteiger partial charge in [0.2, 0.25) is 11.8 Å². The van der Waals surface area contributed by atoms with Crippen molar-refractivity contribution in [3.63, 3.8) is 0 Å². The van der Waals surface area contributed by atoms with Crippen LogP contribution in [0.1, 0.15) is 25.8 Å². The summed E-state index contributed by atoms with van der Waals surface area (Å²) >= 11 is 3.97. The van der Waals surface area contributed by atoms with Gasteiger partial charge in [-0.15, -0.1) is 0 Å². The molecule has 0 aliphatic carbocycles. The van der Waals surface area contributed by atoms with Crippen molar-refractivity contribution in [3.05, 3.63) is 29.8 Å². The molecule has 9 heteroatoms. The van der Waals surface area contributed by atoms with Crippen LogP contribution in [0.4, 0.5) is 0 Å². The average molecular weight is 397 g/mol. The van der Waals surface area contributed by atoms with Crippen molar-refractivity contribution in [1.29, 1.82) is 0 Å². The fourth-order valence-electron chi connectivity index (χ4n) is 2.37. The van der Waals surface area contributed by atoms with Crippen LogP contribution in [0.5, 0.6) is 5.75 Å². The quantitative estimate of drug-likeness (QED) is 0.314. The lowest BCUT2D eigenvalue weighted by Gasteiger charge is -2.26. The van der Waals surface area contributed by atoms with E-state index >= 15 is 0 Å². The predicted octanol–water partition coefficient (Wildman–Crippen LogP) is 0.292. The molecule has 2 amide bonds. The summed E-state index contributed by atoms with van der Waals surface area (Å²) < 4.78 is 0. The number of thiol groups is 1. The monoisotopic (exact) mass is 397 g/mol. The van der Waals surface area contributed by atoms with Crippen molar-refractivity contribution >= 4 is 30.4 Å². The average Bonchev–Trinajstić information content (AvgIpc) is 2.65. The van der Waals surface area contributed by atoms with E-state index in [0.29, 0.717) is 12.0 Å². The minimum absolute atomic E-state index is 0.0404. The molecule has 1 aromatic carbocycles. The van der Waals surface area contributed by atoms with Crippen molar-refractivity contribution in [2.24, 2.45) is 11.7 Å². The van der Waals surface area contributed by atoms with Crippen LogP contribution >= 0.6 is 12.6 Å². The van der Waals surface area contributed by atoms with E-state index in [9.17, 15) is 24.6 Å². The maximum atomic E-state index is 12.7. The number of rotatable bonds is 10. The number of carboxylic acid groups (broad SMARTS) is 1. The Morgan fingerprint density at radius 3 is 2.22 bits per heavy atom. The van der Waals surface area contributed by atoms with Gasteiger partial charge in [0, 0.05) is 12.2 Å². The number of nitrogens with two attached hydrogens (primary N) is 1. The third kappa shape index (κ3) is 7.10. The minimum Gasteiger partial charge on any atom is -0.508 e. The molecule has 0 spiro atoms. The molecular formula is C18H27N3O5S. The van der Waals surface area contributed by atoms with Gasteiger partial charge in [-0.2, -0.15) is 12.6 Å². The lowest BCUT2D eigenvalue weighted by atomic mass is 9.97. The molecular weight excluding hydrogens is 370 g/mol. The van der Waals surface area contributed by atoms with Crippen molar-refractivity contribution in [3.8, 4) is 5.75 Å². The standard InChI is InChI=1S/C18H27N3O5S/c1-3-10(2)15(21-16(23)13(19)9-27)17(24)20-14(18(25)26)8-11-4-6-12(22)7-5-11/h4-7,10,13-15,22,27H,3,8-9,19H2,1-2H3,(H,20,24)(H,21,23)(H,25,26)/t10-,13-,14-,15-/m0/s1. The third-order valence-corrected chi connectivity index (χ3v) is 4.71. The van der Waals surface area contributed by atoms with Gasteiger partial charge in [0.25, 0.3) is 0 Å². The smallest absolute Gasteiger partial charge is 0.326 e. The number of nitrogens with one attached hydrogen (secondary N) is 2. The minimum atomic E-state index is -1.20. The van der Waals surface area contributed by atoms with E-state index in [4.69, 9.17) is 5.73 Å². The fourth-order valence-corrected chi connectivity index (χ4v) is 2.54. The zero-order chi connectivity index (χ0) is 20.6. The molecule has 27 heavy (non-hydrogen) atoms. The Kier molecular flexibility index (Phi) is 9.10. The van der Waals surface area contributed by atoms with E-state index in [-0.39, 0.29) is 23.8 Å². The summed E-state index contributed by atoms with van der Waals surface area (Å²) in [6.45, 7) is 3.65. The van der Waals surface area contributed by atoms with Gasteiger partial charge in [-0.25, -0.2) is 4.79 Å². The Morgan fingerprint density at radius 1 is 1.15 bits per heavy atom. The summed E-state index contributed by atoms with van der Waals surface area (Å²) in [4.78, 5) is 36.3. The zero-order valence-corrected chi connectivity index (χ0v) is 16.3. The lowest BCUT2D eigenvalue weighted by Crippen LogP contribution is -2.57. The highest BCUT2D eigenvalue weighted by molar-refractivity contribution is 7.80. The van der Waals surface area contributed by atoms with Gasteiger partial charge in [-0.1, -0.05) is 32.4 Å². The Bertz CT molecular complexity index is 653. The first-order valence-electron chi connectivity index (χ1n) is 8.67. The van der Waals surface area contributed by atoms with Crippen molar-refractivity contribution in [2.75, 3.05) is 5.75 Å². The molecule has 1 aromatic rings. The second kappa shape index (κ2) is 10.8. The maximum absolute atomic E-state index is 12.7. The van der Waals surface area contributed by atoms with Gasteiger partial charge in [-0.3, -0.25) is 9.59 Å². The highest BCUT2D eigenvalue weighted by atomic mass is 32.1. The highest BCUT2D eigenvalue weighted by Crippen LogP contribution is 2.13. The Morgan fingerprint density at radius 2 is 1.74 bits per heavy atom. The number of aliphatic carboxylic acids is 1. The molecule has 0 aliphatic heterocycles. The molecule has 0 bridgehead atoms. The Hall–Kier alpha value is -2.26. The largest absolute Gasteiger partial charge is 0.508 e. The second-order valence-corrected chi connectivity index (χ2v) is 6.80. The normalized spacial score (nSPS) is 15.3. The number of benzene rings is 1. The molecule has 8 nitrogen and oxygen atoms in total. The van der Waals surface area contributed by atoms with Crippen LogP contribution in [0.15, 0.2) is 24.3 Å². The lowest BCUT2D eigenvalue weighted by molar-refractivity contribution is -0.142. The predicted molar refractivity (Wildman–Crippen MR) is 105 cm³/mol. The molecule has 4 atom stereocenters. The summed E-state index contributed by atoms with van der Waals surface area (Å²) in [7, 11) is 0. The van der Waals surface area contributed by atoms with Gasteiger partial charge in [-0.05, 0) is 23.6 Å². The SMILES string of the molecule is CC[C@H](C)[C@H](NC(=O)[C@@H](N)CS)C(=O)N[C@@H](Cc1ccc(O)cc1)C(=O)O.